The lowest BCUT2D eigenvalue weighted by Crippen LogP contribution is -2.19. The molecule has 2 N–H and O–H groups in total. The maximum absolute atomic E-state index is 11.5. The number of carboxylic acid groups (broad SMARTS) is 1. The van der Waals surface area contributed by atoms with E-state index < -0.39 is 11.4 Å². The van der Waals surface area contributed by atoms with Crippen molar-refractivity contribution < 1.29 is 19.5 Å². The molecule has 0 aliphatic heterocycles. The quantitative estimate of drug-likeness (QED) is 0.490. The first-order valence-electron chi connectivity index (χ1n) is 10.7. The van der Waals surface area contributed by atoms with E-state index in [0.717, 1.165) is 58.8 Å². The SMILES string of the molecule is Cc1noc(-c2ccc(-c3ccc(C4(C(=O)O)CC4)cc3)cc2)c1N(C)CCCCO. The topological polar surface area (TPSA) is 86.8 Å². The zero-order valence-corrected chi connectivity index (χ0v) is 18.0. The Morgan fingerprint density at radius 2 is 1.61 bits per heavy atom. The number of nitrogens with zero attached hydrogens (tertiary/aromatic N) is 2. The predicted octanol–water partition coefficient (Wildman–Crippen LogP) is 4.64. The van der Waals surface area contributed by atoms with E-state index in [0.29, 0.717) is 12.8 Å². The Kier molecular flexibility index (Phi) is 5.83. The summed E-state index contributed by atoms with van der Waals surface area (Å²) in [5, 5.41) is 22.7. The van der Waals surface area contributed by atoms with Crippen LogP contribution in [0, 0.1) is 6.92 Å². The summed E-state index contributed by atoms with van der Waals surface area (Å²) in [5.41, 5.74) is 5.08. The summed E-state index contributed by atoms with van der Waals surface area (Å²) in [6.45, 7) is 2.95. The molecular weight excluding hydrogens is 392 g/mol. The smallest absolute Gasteiger partial charge is 0.314 e. The third-order valence-electron chi connectivity index (χ3n) is 6.19. The van der Waals surface area contributed by atoms with E-state index in [4.69, 9.17) is 9.63 Å². The molecule has 1 saturated carbocycles. The van der Waals surface area contributed by atoms with E-state index in [9.17, 15) is 9.90 Å². The summed E-state index contributed by atoms with van der Waals surface area (Å²) >= 11 is 0. The molecule has 0 amide bonds. The maximum Gasteiger partial charge on any atom is 0.314 e. The predicted molar refractivity (Wildman–Crippen MR) is 120 cm³/mol. The Bertz CT molecular complexity index is 1050. The van der Waals surface area contributed by atoms with E-state index in [1.165, 1.54) is 0 Å². The van der Waals surface area contributed by atoms with Gasteiger partial charge in [-0.2, -0.15) is 0 Å². The van der Waals surface area contributed by atoms with Crippen molar-refractivity contribution in [2.45, 2.75) is 38.0 Å². The molecule has 0 radical (unpaired) electrons. The van der Waals surface area contributed by atoms with Gasteiger partial charge >= 0.3 is 5.97 Å². The van der Waals surface area contributed by atoms with Gasteiger partial charge in [-0.05, 0) is 49.3 Å². The molecule has 6 heteroatoms. The number of benzene rings is 2. The number of anilines is 1. The van der Waals surface area contributed by atoms with Gasteiger partial charge in [-0.15, -0.1) is 0 Å². The van der Waals surface area contributed by atoms with Crippen molar-refractivity contribution in [1.29, 1.82) is 0 Å². The summed E-state index contributed by atoms with van der Waals surface area (Å²) in [7, 11) is 2.01. The van der Waals surface area contributed by atoms with E-state index in [-0.39, 0.29) is 6.61 Å². The molecule has 1 aliphatic rings. The van der Waals surface area contributed by atoms with Crippen LogP contribution in [0.2, 0.25) is 0 Å². The highest BCUT2D eigenvalue weighted by molar-refractivity contribution is 5.85. The molecule has 31 heavy (non-hydrogen) atoms. The van der Waals surface area contributed by atoms with Crippen LogP contribution in [0.15, 0.2) is 53.1 Å². The van der Waals surface area contributed by atoms with Gasteiger partial charge in [0.25, 0.3) is 0 Å². The Morgan fingerprint density at radius 3 is 2.16 bits per heavy atom. The maximum atomic E-state index is 11.5. The molecule has 4 rings (SSSR count). The van der Waals surface area contributed by atoms with Crippen molar-refractivity contribution in [1.82, 2.24) is 5.16 Å². The summed E-state index contributed by atoms with van der Waals surface area (Å²) in [5.74, 6) is 0.00659. The highest BCUT2D eigenvalue weighted by Crippen LogP contribution is 2.48. The van der Waals surface area contributed by atoms with Crippen molar-refractivity contribution in [2.75, 3.05) is 25.1 Å². The van der Waals surface area contributed by atoms with Gasteiger partial charge in [0.2, 0.25) is 0 Å². The monoisotopic (exact) mass is 420 g/mol. The third-order valence-corrected chi connectivity index (χ3v) is 6.19. The van der Waals surface area contributed by atoms with E-state index >= 15 is 0 Å². The van der Waals surface area contributed by atoms with Crippen molar-refractivity contribution >= 4 is 11.7 Å². The average molecular weight is 421 g/mol. The molecule has 0 saturated heterocycles. The van der Waals surface area contributed by atoms with Crippen LogP contribution in [-0.2, 0) is 10.2 Å². The molecule has 1 aliphatic carbocycles. The number of aliphatic hydroxyl groups is 1. The van der Waals surface area contributed by atoms with Crippen LogP contribution in [0.25, 0.3) is 22.5 Å². The van der Waals surface area contributed by atoms with E-state index in [1.54, 1.807) is 0 Å². The fourth-order valence-corrected chi connectivity index (χ4v) is 4.12. The number of aryl methyl sites for hydroxylation is 1. The molecule has 0 atom stereocenters. The Morgan fingerprint density at radius 1 is 1.03 bits per heavy atom. The highest BCUT2D eigenvalue weighted by atomic mass is 16.5. The summed E-state index contributed by atoms with van der Waals surface area (Å²) < 4.78 is 5.64. The summed E-state index contributed by atoms with van der Waals surface area (Å²) in [4.78, 5) is 13.7. The van der Waals surface area contributed by atoms with Gasteiger partial charge in [0.15, 0.2) is 5.76 Å². The lowest BCUT2D eigenvalue weighted by Gasteiger charge is -2.19. The van der Waals surface area contributed by atoms with E-state index in [2.05, 4.69) is 10.1 Å². The molecule has 162 valence electrons. The molecule has 6 nitrogen and oxygen atoms in total. The minimum atomic E-state index is -0.732. The van der Waals surface area contributed by atoms with Crippen LogP contribution in [0.4, 0.5) is 5.69 Å². The first-order valence-corrected chi connectivity index (χ1v) is 10.7. The van der Waals surface area contributed by atoms with Crippen LogP contribution in [0.5, 0.6) is 0 Å². The number of carboxylic acids is 1. The standard InChI is InChI=1S/C25H28N2O4/c1-17-22(27(2)15-3-4-16-28)23(31-26-17)20-7-5-18(6-8-20)19-9-11-21(12-10-19)25(13-14-25)24(29)30/h5-12,28H,3-4,13-16H2,1-2H3,(H,29,30). The first kappa shape index (κ1) is 21.1. The van der Waals surface area contributed by atoms with Crippen LogP contribution in [-0.4, -0.2) is 41.5 Å². The molecule has 0 unspecified atom stereocenters. The molecule has 0 bridgehead atoms. The zero-order valence-electron chi connectivity index (χ0n) is 18.0. The van der Waals surface area contributed by atoms with Crippen molar-refractivity contribution in [3.05, 3.63) is 59.8 Å². The molecule has 1 heterocycles. The van der Waals surface area contributed by atoms with E-state index in [1.807, 2.05) is 62.5 Å². The van der Waals surface area contributed by atoms with Gasteiger partial charge < -0.3 is 19.6 Å². The molecule has 0 spiro atoms. The first-order chi connectivity index (χ1) is 15.0. The third kappa shape index (κ3) is 4.08. The minimum Gasteiger partial charge on any atom is -0.481 e. The van der Waals surface area contributed by atoms with Crippen molar-refractivity contribution in [2.24, 2.45) is 0 Å². The van der Waals surface area contributed by atoms with Gasteiger partial charge in [-0.25, -0.2) is 0 Å². The van der Waals surface area contributed by atoms with Gasteiger partial charge in [-0.3, -0.25) is 4.79 Å². The lowest BCUT2D eigenvalue weighted by molar-refractivity contribution is -0.140. The fourth-order valence-electron chi connectivity index (χ4n) is 4.12. The molecule has 1 fully saturated rings. The number of unbranched alkanes of at least 4 members (excludes halogenated alkanes) is 1. The number of rotatable bonds is 9. The van der Waals surface area contributed by atoms with Crippen molar-refractivity contribution in [3.8, 4) is 22.5 Å². The van der Waals surface area contributed by atoms with Gasteiger partial charge in [0.05, 0.1) is 5.41 Å². The van der Waals surface area contributed by atoms with Crippen LogP contribution in [0.1, 0.15) is 36.9 Å². The number of aromatic nitrogens is 1. The molecular formula is C25H28N2O4. The Balaban J connectivity index is 1.54. The largest absolute Gasteiger partial charge is 0.481 e. The van der Waals surface area contributed by atoms with Crippen LogP contribution >= 0.6 is 0 Å². The average Bonchev–Trinajstić information content (AvgIpc) is 3.51. The number of aliphatic hydroxyl groups excluding tert-OH is 1. The van der Waals surface area contributed by atoms with Gasteiger partial charge in [-0.1, -0.05) is 53.7 Å². The number of aliphatic carboxylic acids is 1. The lowest BCUT2D eigenvalue weighted by atomic mass is 9.93. The van der Waals surface area contributed by atoms with Crippen molar-refractivity contribution in [3.63, 3.8) is 0 Å². The van der Waals surface area contributed by atoms with Crippen LogP contribution < -0.4 is 4.90 Å². The Labute approximate surface area is 182 Å². The second kappa shape index (κ2) is 8.55. The summed E-state index contributed by atoms with van der Waals surface area (Å²) in [6, 6.07) is 16.0. The molecule has 1 aromatic heterocycles. The normalized spacial score (nSPS) is 14.4. The highest BCUT2D eigenvalue weighted by Gasteiger charge is 2.51. The fraction of sp³-hybridized carbons (Fsp3) is 0.360. The van der Waals surface area contributed by atoms with Gasteiger partial charge in [0.1, 0.15) is 11.4 Å². The second-order valence-corrected chi connectivity index (χ2v) is 8.34. The minimum absolute atomic E-state index is 0.197. The molecule has 3 aromatic rings. The Hall–Kier alpha value is -3.12. The number of hydrogen-bond acceptors (Lipinski definition) is 5. The summed E-state index contributed by atoms with van der Waals surface area (Å²) in [6.07, 6.45) is 3.09. The number of hydrogen-bond donors (Lipinski definition) is 2. The van der Waals surface area contributed by atoms with Gasteiger partial charge in [0, 0.05) is 25.8 Å². The number of carbonyl (C=O) groups is 1. The second-order valence-electron chi connectivity index (χ2n) is 8.34. The van der Waals surface area contributed by atoms with Crippen LogP contribution in [0.3, 0.4) is 0 Å². The zero-order chi connectivity index (χ0) is 22.0. The molecule has 2 aromatic carbocycles.